The molecule has 8 heteroatoms. The van der Waals surface area contributed by atoms with Gasteiger partial charge in [-0.25, -0.2) is 0 Å². The van der Waals surface area contributed by atoms with Gasteiger partial charge < -0.3 is 19.8 Å². The van der Waals surface area contributed by atoms with Crippen molar-refractivity contribution < 1.29 is 19.5 Å². The van der Waals surface area contributed by atoms with Crippen molar-refractivity contribution in [1.82, 2.24) is 9.80 Å². The van der Waals surface area contributed by atoms with E-state index in [9.17, 15) is 19.5 Å². The summed E-state index contributed by atoms with van der Waals surface area (Å²) in [4.78, 5) is 48.4. The van der Waals surface area contributed by atoms with Crippen LogP contribution in [0.4, 0.5) is 5.69 Å². The van der Waals surface area contributed by atoms with Crippen LogP contribution in [0.5, 0.6) is 0 Å². The second kappa shape index (κ2) is 10.5. The molecule has 0 aromatic heterocycles. The zero-order valence-electron chi connectivity index (χ0n) is 22.7. The van der Waals surface area contributed by atoms with Crippen LogP contribution < -0.4 is 4.90 Å². The fourth-order valence-corrected chi connectivity index (χ4v) is 8.87. The maximum atomic E-state index is 14.5. The Kier molecular flexibility index (Phi) is 7.48. The number of amides is 3. The molecule has 2 saturated heterocycles. The number of anilines is 1. The van der Waals surface area contributed by atoms with Gasteiger partial charge in [0.15, 0.2) is 0 Å². The topological polar surface area (TPSA) is 81.2 Å². The number of rotatable bonds is 7. The fraction of sp³-hybridized carbons (Fsp3) is 0.567. The van der Waals surface area contributed by atoms with Gasteiger partial charge in [-0.15, -0.1) is 11.8 Å². The molecule has 1 spiro atoms. The maximum Gasteiger partial charge on any atom is 0.247 e. The highest BCUT2D eigenvalue weighted by atomic mass is 32.2. The second-order valence-electron chi connectivity index (χ2n) is 11.3. The first kappa shape index (κ1) is 27.0. The molecule has 3 amide bonds. The van der Waals surface area contributed by atoms with Gasteiger partial charge in [-0.1, -0.05) is 69.7 Å². The van der Waals surface area contributed by atoms with Gasteiger partial charge in [-0.3, -0.25) is 14.4 Å². The van der Waals surface area contributed by atoms with Crippen molar-refractivity contribution in [2.24, 2.45) is 17.8 Å². The first-order valence-electron chi connectivity index (χ1n) is 13.9. The zero-order valence-corrected chi connectivity index (χ0v) is 23.5. The quantitative estimate of drug-likeness (QED) is 0.539. The summed E-state index contributed by atoms with van der Waals surface area (Å²) in [6.07, 6.45) is 9.98. The number of nitrogens with zero attached hydrogens (tertiary/aromatic N) is 3. The Labute approximate surface area is 229 Å². The number of carbonyl (C=O) groups excluding carboxylic acids is 3. The molecule has 4 aliphatic rings. The lowest BCUT2D eigenvalue weighted by Crippen LogP contribution is -2.58. The van der Waals surface area contributed by atoms with Crippen molar-refractivity contribution in [3.8, 4) is 0 Å². The molecule has 1 aromatic rings. The van der Waals surface area contributed by atoms with Crippen LogP contribution in [0, 0.1) is 17.8 Å². The summed E-state index contributed by atoms with van der Waals surface area (Å²) in [5.74, 6) is -1.68. The standard InChI is InChI=1S/C30H39N3O4S/c1-5-11-20(4)31-17-10-15-30-25(28(36)33(26(30)29(31)37)22(18-34)19(2)3)24-23(38-30)14-9-16-32(27(24)35)21-12-7-6-8-13-21/h6-10,12-15,19-20,22-26,34H,5,11,16-18H2,1-4H3/t20?,22-,23+,24-,25-,26?,30-/m0/s1. The fourth-order valence-electron chi connectivity index (χ4n) is 6.88. The molecule has 7 atom stereocenters. The molecule has 2 unspecified atom stereocenters. The van der Waals surface area contributed by atoms with Crippen LogP contribution >= 0.6 is 11.8 Å². The Morgan fingerprint density at radius 2 is 1.76 bits per heavy atom. The van der Waals surface area contributed by atoms with E-state index >= 15 is 0 Å². The molecule has 0 aliphatic carbocycles. The molecule has 2 fully saturated rings. The van der Waals surface area contributed by atoms with Crippen LogP contribution in [-0.2, 0) is 14.4 Å². The minimum atomic E-state index is -0.869. The highest BCUT2D eigenvalue weighted by molar-refractivity contribution is 8.02. The van der Waals surface area contributed by atoms with E-state index in [1.54, 1.807) is 21.6 Å². The minimum Gasteiger partial charge on any atom is -0.394 e. The van der Waals surface area contributed by atoms with Gasteiger partial charge in [0.25, 0.3) is 0 Å². The molecule has 38 heavy (non-hydrogen) atoms. The van der Waals surface area contributed by atoms with Crippen LogP contribution in [0.1, 0.15) is 40.5 Å². The van der Waals surface area contributed by atoms with Gasteiger partial charge >= 0.3 is 0 Å². The average molecular weight is 538 g/mol. The molecular formula is C30H39N3O4S. The number of fused-ring (bicyclic) bond motifs is 2. The Balaban J connectivity index is 1.63. The SMILES string of the molecule is CCCC(C)N1CC=C[C@]23S[C@@H]4C=CCN(c5ccccc5)C(=O)[C@@H]4[C@H]2C(=O)N([C@@H](CO)C(C)C)C3C1=O. The molecule has 0 bridgehead atoms. The molecule has 4 aliphatic heterocycles. The first-order chi connectivity index (χ1) is 18.3. The summed E-state index contributed by atoms with van der Waals surface area (Å²) in [6, 6.07) is 8.33. The number of aliphatic hydroxyl groups excluding tert-OH is 1. The van der Waals surface area contributed by atoms with Gasteiger partial charge in [-0.2, -0.15) is 0 Å². The molecule has 7 nitrogen and oxygen atoms in total. The largest absolute Gasteiger partial charge is 0.394 e. The van der Waals surface area contributed by atoms with Crippen molar-refractivity contribution in [3.63, 3.8) is 0 Å². The highest BCUT2D eigenvalue weighted by Crippen LogP contribution is 2.61. The third kappa shape index (κ3) is 4.11. The molecule has 0 saturated carbocycles. The third-order valence-electron chi connectivity index (χ3n) is 8.75. The van der Waals surface area contributed by atoms with E-state index in [4.69, 9.17) is 0 Å². The number of hydrogen-bond donors (Lipinski definition) is 1. The summed E-state index contributed by atoms with van der Waals surface area (Å²) >= 11 is 1.59. The van der Waals surface area contributed by atoms with Crippen molar-refractivity contribution >= 4 is 35.2 Å². The Morgan fingerprint density at radius 1 is 1.03 bits per heavy atom. The second-order valence-corrected chi connectivity index (χ2v) is 12.8. The van der Waals surface area contributed by atoms with Crippen molar-refractivity contribution in [2.75, 3.05) is 24.6 Å². The molecule has 204 valence electrons. The predicted molar refractivity (Wildman–Crippen MR) is 151 cm³/mol. The van der Waals surface area contributed by atoms with Gasteiger partial charge in [-0.05, 0) is 31.4 Å². The van der Waals surface area contributed by atoms with Crippen molar-refractivity contribution in [2.45, 2.75) is 68.7 Å². The lowest BCUT2D eigenvalue weighted by molar-refractivity contribution is -0.147. The summed E-state index contributed by atoms with van der Waals surface area (Å²) < 4.78 is -0.869. The number of aliphatic hydroxyl groups is 1. The van der Waals surface area contributed by atoms with Gasteiger partial charge in [0.2, 0.25) is 17.7 Å². The molecule has 4 heterocycles. The lowest BCUT2D eigenvalue weighted by atomic mass is 9.78. The Bertz CT molecular complexity index is 1140. The average Bonchev–Trinajstić information content (AvgIpc) is 3.20. The van der Waals surface area contributed by atoms with Crippen molar-refractivity contribution in [3.05, 3.63) is 54.6 Å². The van der Waals surface area contributed by atoms with Gasteiger partial charge in [0.1, 0.15) is 6.04 Å². The van der Waals surface area contributed by atoms with E-state index in [-0.39, 0.29) is 41.5 Å². The summed E-state index contributed by atoms with van der Waals surface area (Å²) in [5, 5.41) is 10.2. The summed E-state index contributed by atoms with van der Waals surface area (Å²) in [5.41, 5.74) is 0.801. The molecule has 5 rings (SSSR count). The Morgan fingerprint density at radius 3 is 2.42 bits per heavy atom. The third-order valence-corrected chi connectivity index (χ3v) is 10.5. The first-order valence-corrected chi connectivity index (χ1v) is 14.8. The number of carbonyl (C=O) groups is 3. The van der Waals surface area contributed by atoms with Gasteiger partial charge in [0, 0.05) is 30.1 Å². The number of hydrogen-bond acceptors (Lipinski definition) is 5. The normalized spacial score (nSPS) is 32.3. The number of para-hydroxylation sites is 1. The molecule has 0 radical (unpaired) electrons. The van der Waals surface area contributed by atoms with Crippen LogP contribution in [-0.4, -0.2) is 80.4 Å². The van der Waals surface area contributed by atoms with E-state index < -0.39 is 28.7 Å². The van der Waals surface area contributed by atoms with E-state index in [1.807, 2.05) is 61.2 Å². The summed E-state index contributed by atoms with van der Waals surface area (Å²) in [6.45, 7) is 8.80. The number of benzene rings is 1. The van der Waals surface area contributed by atoms with Gasteiger partial charge in [0.05, 0.1) is 29.2 Å². The van der Waals surface area contributed by atoms with E-state index in [1.165, 1.54) is 0 Å². The van der Waals surface area contributed by atoms with E-state index in [0.29, 0.717) is 13.1 Å². The molecular weight excluding hydrogens is 498 g/mol. The van der Waals surface area contributed by atoms with Crippen LogP contribution in [0.15, 0.2) is 54.6 Å². The number of likely N-dealkylation sites (tertiary alicyclic amines) is 1. The molecule has 1 aromatic carbocycles. The predicted octanol–water partition coefficient (Wildman–Crippen LogP) is 3.49. The Hall–Kier alpha value is -2.58. The van der Waals surface area contributed by atoms with E-state index in [0.717, 1.165) is 18.5 Å². The summed E-state index contributed by atoms with van der Waals surface area (Å²) in [7, 11) is 0. The van der Waals surface area contributed by atoms with E-state index in [2.05, 4.69) is 26.0 Å². The van der Waals surface area contributed by atoms with Crippen LogP contribution in [0.3, 0.4) is 0 Å². The highest BCUT2D eigenvalue weighted by Gasteiger charge is 2.72. The van der Waals surface area contributed by atoms with Crippen LogP contribution in [0.2, 0.25) is 0 Å². The lowest BCUT2D eigenvalue weighted by Gasteiger charge is -2.41. The number of thioether (sulfide) groups is 1. The van der Waals surface area contributed by atoms with Crippen LogP contribution in [0.25, 0.3) is 0 Å². The smallest absolute Gasteiger partial charge is 0.247 e. The minimum absolute atomic E-state index is 0.0295. The monoisotopic (exact) mass is 537 g/mol. The maximum absolute atomic E-state index is 14.5. The zero-order chi connectivity index (χ0) is 27.2. The van der Waals surface area contributed by atoms with Crippen molar-refractivity contribution in [1.29, 1.82) is 0 Å². The molecule has 1 N–H and O–H groups in total.